The predicted molar refractivity (Wildman–Crippen MR) is 77.3 cm³/mol. The van der Waals surface area contributed by atoms with Gasteiger partial charge in [-0.25, -0.2) is 4.79 Å². The Labute approximate surface area is 123 Å². The molecule has 1 aliphatic heterocycles. The van der Waals surface area contributed by atoms with Gasteiger partial charge in [-0.05, 0) is 24.0 Å². The number of carbonyl (C=O) groups is 3. The number of nitrogens with one attached hydrogen (secondary N) is 1. The number of amides is 4. The Balaban J connectivity index is 2.32. The van der Waals surface area contributed by atoms with E-state index in [4.69, 9.17) is 5.73 Å². The molecule has 21 heavy (non-hydrogen) atoms. The van der Waals surface area contributed by atoms with Crippen molar-refractivity contribution in [3.8, 4) is 0 Å². The Kier molecular flexibility index (Phi) is 3.72. The summed E-state index contributed by atoms with van der Waals surface area (Å²) in [5.41, 5.74) is 5.72. The fourth-order valence-electron chi connectivity index (χ4n) is 2.39. The fraction of sp³-hybridized carbons (Fsp3) is 0.400. The van der Waals surface area contributed by atoms with Crippen LogP contribution in [0, 0.1) is 0 Å². The summed E-state index contributed by atoms with van der Waals surface area (Å²) in [4.78, 5) is 36.1. The molecule has 0 saturated carbocycles. The normalized spacial score (nSPS) is 21.8. The van der Waals surface area contributed by atoms with Crippen molar-refractivity contribution in [2.24, 2.45) is 5.73 Å². The van der Waals surface area contributed by atoms with Gasteiger partial charge in [0.1, 0.15) is 12.1 Å². The summed E-state index contributed by atoms with van der Waals surface area (Å²) in [5.74, 6) is -0.811. The first-order chi connectivity index (χ1) is 9.75. The maximum absolute atomic E-state index is 12.4. The van der Waals surface area contributed by atoms with Crippen molar-refractivity contribution in [2.45, 2.75) is 32.2 Å². The molecule has 0 unspecified atom stereocenters. The molecule has 2 rings (SSSR count). The van der Waals surface area contributed by atoms with Crippen molar-refractivity contribution in [3.63, 3.8) is 0 Å². The Morgan fingerprint density at radius 1 is 1.29 bits per heavy atom. The monoisotopic (exact) mass is 289 g/mol. The molecular formula is C15H19N3O3. The molecule has 4 amide bonds. The lowest BCUT2D eigenvalue weighted by atomic mass is 9.90. The van der Waals surface area contributed by atoms with Crippen LogP contribution in [0.2, 0.25) is 0 Å². The summed E-state index contributed by atoms with van der Waals surface area (Å²) in [6.45, 7) is 5.37. The average molecular weight is 289 g/mol. The van der Waals surface area contributed by atoms with E-state index in [1.54, 1.807) is 6.92 Å². The molecule has 0 aromatic heterocycles. The van der Waals surface area contributed by atoms with Crippen LogP contribution >= 0.6 is 0 Å². The first-order valence-electron chi connectivity index (χ1n) is 6.78. The number of benzene rings is 1. The maximum atomic E-state index is 12.4. The van der Waals surface area contributed by atoms with Gasteiger partial charge in [-0.2, -0.15) is 0 Å². The van der Waals surface area contributed by atoms with Gasteiger partial charge in [-0.15, -0.1) is 0 Å². The second-order valence-electron chi connectivity index (χ2n) is 5.69. The Morgan fingerprint density at radius 2 is 1.86 bits per heavy atom. The third-order valence-corrected chi connectivity index (χ3v) is 3.74. The summed E-state index contributed by atoms with van der Waals surface area (Å²) >= 11 is 0. The average Bonchev–Trinajstić information content (AvgIpc) is 2.63. The lowest BCUT2D eigenvalue weighted by Crippen LogP contribution is -2.42. The van der Waals surface area contributed by atoms with Gasteiger partial charge in [-0.3, -0.25) is 14.5 Å². The molecule has 0 bridgehead atoms. The van der Waals surface area contributed by atoms with Gasteiger partial charge < -0.3 is 11.1 Å². The van der Waals surface area contributed by atoms with Crippen molar-refractivity contribution >= 4 is 17.8 Å². The van der Waals surface area contributed by atoms with Crippen LogP contribution in [0.15, 0.2) is 24.3 Å². The quantitative estimate of drug-likeness (QED) is 0.812. The molecule has 1 aromatic rings. The van der Waals surface area contributed by atoms with Crippen LogP contribution in [0.25, 0.3) is 0 Å². The lowest BCUT2D eigenvalue weighted by molar-refractivity contribution is -0.134. The van der Waals surface area contributed by atoms with E-state index < -0.39 is 29.9 Å². The number of hydrogen-bond donors (Lipinski definition) is 2. The van der Waals surface area contributed by atoms with Crippen molar-refractivity contribution in [1.29, 1.82) is 0 Å². The van der Waals surface area contributed by atoms with Crippen molar-refractivity contribution < 1.29 is 14.4 Å². The first kappa shape index (κ1) is 15.0. The summed E-state index contributed by atoms with van der Waals surface area (Å²) in [6.07, 6.45) is 0. The molecule has 0 spiro atoms. The van der Waals surface area contributed by atoms with E-state index in [9.17, 15) is 14.4 Å². The second kappa shape index (κ2) is 5.20. The minimum atomic E-state index is -1.16. The molecule has 6 nitrogen and oxygen atoms in total. The zero-order valence-corrected chi connectivity index (χ0v) is 12.3. The van der Waals surface area contributed by atoms with Crippen LogP contribution in [-0.2, 0) is 15.1 Å². The van der Waals surface area contributed by atoms with Gasteiger partial charge in [-0.1, -0.05) is 38.1 Å². The topological polar surface area (TPSA) is 92.5 Å². The molecular weight excluding hydrogens is 270 g/mol. The minimum absolute atomic E-state index is 0.382. The number of carbonyl (C=O) groups excluding carboxylic acids is 3. The van der Waals surface area contributed by atoms with Crippen LogP contribution in [0.3, 0.4) is 0 Å². The van der Waals surface area contributed by atoms with Gasteiger partial charge in [0.05, 0.1) is 0 Å². The lowest BCUT2D eigenvalue weighted by Gasteiger charge is -2.22. The molecule has 112 valence electrons. The van der Waals surface area contributed by atoms with E-state index in [1.807, 2.05) is 24.3 Å². The van der Waals surface area contributed by atoms with E-state index >= 15 is 0 Å². The molecule has 1 saturated heterocycles. The third kappa shape index (κ3) is 2.61. The van der Waals surface area contributed by atoms with E-state index in [-0.39, 0.29) is 0 Å². The molecule has 1 heterocycles. The zero-order valence-electron chi connectivity index (χ0n) is 12.3. The largest absolute Gasteiger partial charge is 0.368 e. The van der Waals surface area contributed by atoms with Gasteiger partial charge in [0, 0.05) is 0 Å². The Bertz CT molecular complexity index is 595. The summed E-state index contributed by atoms with van der Waals surface area (Å²) in [5, 5.41) is 2.63. The highest BCUT2D eigenvalue weighted by Gasteiger charge is 2.49. The maximum Gasteiger partial charge on any atom is 0.325 e. The van der Waals surface area contributed by atoms with Crippen molar-refractivity contribution in [1.82, 2.24) is 10.2 Å². The van der Waals surface area contributed by atoms with Crippen LogP contribution in [0.5, 0.6) is 0 Å². The number of nitrogens with two attached hydrogens (primary N) is 1. The van der Waals surface area contributed by atoms with Crippen LogP contribution < -0.4 is 11.1 Å². The summed E-state index contributed by atoms with van der Waals surface area (Å²) in [6, 6.07) is 6.90. The molecule has 0 aliphatic carbocycles. The SMILES string of the molecule is CC(C)c1ccc([C@@]2(C)NC(=O)N(CC(N)=O)C2=O)cc1. The smallest absolute Gasteiger partial charge is 0.325 e. The summed E-state index contributed by atoms with van der Waals surface area (Å²) < 4.78 is 0. The Hall–Kier alpha value is -2.37. The van der Waals surface area contributed by atoms with Gasteiger partial charge >= 0.3 is 6.03 Å². The molecule has 1 aliphatic rings. The van der Waals surface area contributed by atoms with Gasteiger partial charge in [0.2, 0.25) is 5.91 Å². The third-order valence-electron chi connectivity index (χ3n) is 3.74. The predicted octanol–water partition coefficient (Wildman–Crippen LogP) is 1.06. The number of rotatable bonds is 4. The van der Waals surface area contributed by atoms with E-state index in [0.717, 1.165) is 10.5 Å². The number of imide groups is 1. The number of nitrogens with zero attached hydrogens (tertiary/aromatic N) is 1. The van der Waals surface area contributed by atoms with Gasteiger partial charge in [0.15, 0.2) is 0 Å². The summed E-state index contributed by atoms with van der Waals surface area (Å²) in [7, 11) is 0. The Morgan fingerprint density at radius 3 is 2.33 bits per heavy atom. The molecule has 3 N–H and O–H groups in total. The second-order valence-corrected chi connectivity index (χ2v) is 5.69. The van der Waals surface area contributed by atoms with Crippen molar-refractivity contribution in [2.75, 3.05) is 6.54 Å². The van der Waals surface area contributed by atoms with E-state index in [1.165, 1.54) is 0 Å². The van der Waals surface area contributed by atoms with Crippen LogP contribution in [-0.4, -0.2) is 29.3 Å². The number of urea groups is 1. The minimum Gasteiger partial charge on any atom is -0.368 e. The van der Waals surface area contributed by atoms with Gasteiger partial charge in [0.25, 0.3) is 5.91 Å². The standard InChI is InChI=1S/C15H19N3O3/c1-9(2)10-4-6-11(7-5-10)15(3)13(20)18(8-12(16)19)14(21)17-15/h4-7,9H,8H2,1-3H3,(H2,16,19)(H,17,21)/t15-/m1/s1. The molecule has 6 heteroatoms. The highest BCUT2D eigenvalue weighted by Crippen LogP contribution is 2.29. The highest BCUT2D eigenvalue weighted by atomic mass is 16.2. The highest BCUT2D eigenvalue weighted by molar-refractivity contribution is 6.09. The molecule has 1 aromatic carbocycles. The molecule has 0 radical (unpaired) electrons. The van der Waals surface area contributed by atoms with Crippen molar-refractivity contribution in [3.05, 3.63) is 35.4 Å². The number of primary amides is 1. The van der Waals surface area contributed by atoms with Crippen LogP contribution in [0.4, 0.5) is 4.79 Å². The molecule has 1 atom stereocenters. The zero-order chi connectivity index (χ0) is 15.8. The van der Waals surface area contributed by atoms with Crippen LogP contribution in [0.1, 0.15) is 37.8 Å². The van der Waals surface area contributed by atoms with E-state index in [2.05, 4.69) is 19.2 Å². The number of hydrogen-bond acceptors (Lipinski definition) is 3. The molecule has 1 fully saturated rings. The van der Waals surface area contributed by atoms with E-state index in [0.29, 0.717) is 11.5 Å². The fourth-order valence-corrected chi connectivity index (χ4v) is 2.39. The first-order valence-corrected chi connectivity index (χ1v) is 6.78.